The Balaban J connectivity index is 2.30. The molecule has 1 heterocycles. The summed E-state index contributed by atoms with van der Waals surface area (Å²) in [5.74, 6) is 1.00. The zero-order valence-electron chi connectivity index (χ0n) is 10.8. The third kappa shape index (κ3) is 6.86. The fraction of sp³-hybridized carbons (Fsp3) is 0.929. The molecule has 0 aromatic heterocycles. The van der Waals surface area contributed by atoms with Gasteiger partial charge in [0.15, 0.2) is 5.90 Å². The highest BCUT2D eigenvalue weighted by Gasteiger charge is 2.01. The van der Waals surface area contributed by atoms with E-state index in [2.05, 4.69) is 4.99 Å². The minimum Gasteiger partial charge on any atom is -0.481 e. The Labute approximate surface area is 100 Å². The lowest BCUT2D eigenvalue weighted by atomic mass is 10.1. The molecule has 0 saturated heterocycles. The van der Waals surface area contributed by atoms with E-state index in [-0.39, 0.29) is 0 Å². The van der Waals surface area contributed by atoms with E-state index in [4.69, 9.17) is 4.74 Å². The van der Waals surface area contributed by atoms with Crippen LogP contribution in [-0.4, -0.2) is 19.0 Å². The largest absolute Gasteiger partial charge is 0.481 e. The molecule has 0 amide bonds. The van der Waals surface area contributed by atoms with Gasteiger partial charge in [-0.05, 0) is 19.8 Å². The van der Waals surface area contributed by atoms with Gasteiger partial charge in [-0.25, -0.2) is 0 Å². The second-order valence-corrected chi connectivity index (χ2v) is 4.64. The average molecular weight is 225 g/mol. The fourth-order valence-corrected chi connectivity index (χ4v) is 2.19. The maximum Gasteiger partial charge on any atom is 0.183 e. The van der Waals surface area contributed by atoms with Crippen LogP contribution in [0.1, 0.15) is 71.1 Å². The van der Waals surface area contributed by atoms with Crippen LogP contribution in [0, 0.1) is 0 Å². The van der Waals surface area contributed by atoms with Gasteiger partial charge in [0.2, 0.25) is 0 Å². The Morgan fingerprint density at radius 3 is 2.06 bits per heavy atom. The lowest BCUT2D eigenvalue weighted by Gasteiger charge is -2.07. The molecule has 0 bridgehead atoms. The van der Waals surface area contributed by atoms with E-state index in [9.17, 15) is 0 Å². The number of aliphatic imine (C=N–C) groups is 1. The van der Waals surface area contributed by atoms with E-state index in [1.807, 2.05) is 6.92 Å². The van der Waals surface area contributed by atoms with Gasteiger partial charge in [-0.3, -0.25) is 4.99 Å². The van der Waals surface area contributed by atoms with Crippen LogP contribution < -0.4 is 0 Å². The van der Waals surface area contributed by atoms with Crippen LogP contribution in [0.15, 0.2) is 4.99 Å². The van der Waals surface area contributed by atoms with Crippen molar-refractivity contribution in [3.8, 4) is 0 Å². The molecule has 0 aromatic rings. The zero-order chi connectivity index (χ0) is 11.5. The van der Waals surface area contributed by atoms with Crippen LogP contribution in [-0.2, 0) is 4.74 Å². The number of hydrogen-bond acceptors (Lipinski definition) is 2. The predicted molar refractivity (Wildman–Crippen MR) is 70.1 cm³/mol. The smallest absolute Gasteiger partial charge is 0.183 e. The third-order valence-corrected chi connectivity index (χ3v) is 3.15. The zero-order valence-corrected chi connectivity index (χ0v) is 10.8. The van der Waals surface area contributed by atoms with Crippen molar-refractivity contribution in [2.24, 2.45) is 4.99 Å². The van der Waals surface area contributed by atoms with Gasteiger partial charge in [0.1, 0.15) is 0 Å². The molecular weight excluding hydrogens is 198 g/mol. The monoisotopic (exact) mass is 225 g/mol. The molecular formula is C14H27NO. The maximum atomic E-state index is 5.57. The van der Waals surface area contributed by atoms with E-state index in [1.54, 1.807) is 0 Å². The van der Waals surface area contributed by atoms with E-state index in [0.29, 0.717) is 0 Å². The van der Waals surface area contributed by atoms with Crippen LogP contribution in [0.4, 0.5) is 0 Å². The molecule has 16 heavy (non-hydrogen) atoms. The highest BCUT2D eigenvalue weighted by atomic mass is 16.5. The van der Waals surface area contributed by atoms with E-state index in [0.717, 1.165) is 25.5 Å². The Kier molecular flexibility index (Phi) is 8.19. The molecule has 1 rings (SSSR count). The summed E-state index contributed by atoms with van der Waals surface area (Å²) in [7, 11) is 0. The molecule has 0 saturated carbocycles. The lowest BCUT2D eigenvalue weighted by molar-refractivity contribution is 0.313. The van der Waals surface area contributed by atoms with Gasteiger partial charge in [0.25, 0.3) is 0 Å². The van der Waals surface area contributed by atoms with Gasteiger partial charge in [0.05, 0.1) is 6.61 Å². The quantitative estimate of drug-likeness (QED) is 0.650. The van der Waals surface area contributed by atoms with Crippen molar-refractivity contribution >= 4 is 5.90 Å². The summed E-state index contributed by atoms with van der Waals surface area (Å²) in [6.45, 7) is 3.78. The number of rotatable bonds is 1. The number of hydrogen-bond donors (Lipinski definition) is 0. The van der Waals surface area contributed by atoms with E-state index >= 15 is 0 Å². The molecule has 0 aromatic carbocycles. The minimum atomic E-state index is 0.763. The SMILES string of the molecule is CCOC1=NCCCCCCCCCCC1. The summed E-state index contributed by atoms with van der Waals surface area (Å²) < 4.78 is 5.57. The van der Waals surface area contributed by atoms with Gasteiger partial charge in [-0.2, -0.15) is 0 Å². The molecule has 94 valence electrons. The Morgan fingerprint density at radius 1 is 0.875 bits per heavy atom. The molecule has 0 unspecified atom stereocenters. The summed E-state index contributed by atoms with van der Waals surface area (Å²) in [5, 5.41) is 0. The standard InChI is InChI=1S/C14H27NO/c1-2-16-14-12-10-8-6-4-3-5-7-9-11-13-15-14/h2-13H2,1H3. The van der Waals surface area contributed by atoms with Crippen molar-refractivity contribution in [1.29, 1.82) is 0 Å². The van der Waals surface area contributed by atoms with Gasteiger partial charge < -0.3 is 4.74 Å². The third-order valence-electron chi connectivity index (χ3n) is 3.15. The molecule has 0 N–H and O–H groups in total. The highest BCUT2D eigenvalue weighted by molar-refractivity contribution is 5.75. The van der Waals surface area contributed by atoms with Crippen molar-refractivity contribution in [3.05, 3.63) is 0 Å². The molecule has 0 spiro atoms. The summed E-state index contributed by atoms with van der Waals surface area (Å²) in [6.07, 6.45) is 13.2. The van der Waals surface area contributed by atoms with Gasteiger partial charge >= 0.3 is 0 Å². The van der Waals surface area contributed by atoms with Crippen LogP contribution in [0.2, 0.25) is 0 Å². The first-order valence-electron chi connectivity index (χ1n) is 7.09. The fourth-order valence-electron chi connectivity index (χ4n) is 2.19. The molecule has 0 radical (unpaired) electrons. The van der Waals surface area contributed by atoms with Crippen molar-refractivity contribution in [2.75, 3.05) is 13.2 Å². The number of nitrogens with zero attached hydrogens (tertiary/aromatic N) is 1. The minimum absolute atomic E-state index is 0.763. The van der Waals surface area contributed by atoms with Crippen LogP contribution in [0.3, 0.4) is 0 Å². The second-order valence-electron chi connectivity index (χ2n) is 4.64. The van der Waals surface area contributed by atoms with Crippen LogP contribution in [0.5, 0.6) is 0 Å². The maximum absolute atomic E-state index is 5.57. The van der Waals surface area contributed by atoms with Crippen molar-refractivity contribution in [2.45, 2.75) is 71.1 Å². The Hall–Kier alpha value is -0.530. The van der Waals surface area contributed by atoms with E-state index in [1.165, 1.54) is 57.8 Å². The number of ether oxygens (including phenoxy) is 1. The Morgan fingerprint density at radius 2 is 1.44 bits per heavy atom. The highest BCUT2D eigenvalue weighted by Crippen LogP contribution is 2.12. The summed E-state index contributed by atoms with van der Waals surface area (Å²) >= 11 is 0. The Bertz CT molecular complexity index is 189. The van der Waals surface area contributed by atoms with Crippen LogP contribution in [0.25, 0.3) is 0 Å². The summed E-state index contributed by atoms with van der Waals surface area (Å²) in [5.41, 5.74) is 0. The molecule has 1 aliphatic rings. The first-order valence-corrected chi connectivity index (χ1v) is 7.09. The van der Waals surface area contributed by atoms with Crippen molar-refractivity contribution < 1.29 is 4.74 Å². The predicted octanol–water partition coefficient (Wildman–Crippen LogP) is 4.34. The summed E-state index contributed by atoms with van der Waals surface area (Å²) in [4.78, 5) is 4.57. The van der Waals surface area contributed by atoms with Crippen molar-refractivity contribution in [3.63, 3.8) is 0 Å². The summed E-state index contributed by atoms with van der Waals surface area (Å²) in [6, 6.07) is 0. The van der Waals surface area contributed by atoms with Gasteiger partial charge in [0, 0.05) is 13.0 Å². The van der Waals surface area contributed by atoms with Gasteiger partial charge in [-0.15, -0.1) is 0 Å². The van der Waals surface area contributed by atoms with Crippen LogP contribution >= 0.6 is 0 Å². The first-order chi connectivity index (χ1) is 7.93. The molecule has 0 aliphatic carbocycles. The molecule has 1 aliphatic heterocycles. The van der Waals surface area contributed by atoms with Gasteiger partial charge in [-0.1, -0.05) is 44.9 Å². The average Bonchev–Trinajstić information content (AvgIpc) is 2.31. The molecule has 0 fully saturated rings. The molecule has 2 heteroatoms. The normalized spacial score (nSPS) is 21.2. The van der Waals surface area contributed by atoms with E-state index < -0.39 is 0 Å². The van der Waals surface area contributed by atoms with Crippen molar-refractivity contribution in [1.82, 2.24) is 0 Å². The topological polar surface area (TPSA) is 21.6 Å². The molecule has 0 atom stereocenters. The first kappa shape index (κ1) is 13.5. The second kappa shape index (κ2) is 9.68. The molecule has 2 nitrogen and oxygen atoms in total. The lowest BCUT2D eigenvalue weighted by Crippen LogP contribution is -2.05.